The molecular formula is C23H26ClN3O3. The Labute approximate surface area is 181 Å². The molecule has 2 aromatic carbocycles. The average molecular weight is 428 g/mol. The van der Waals surface area contributed by atoms with Crippen molar-refractivity contribution in [3.63, 3.8) is 0 Å². The van der Waals surface area contributed by atoms with E-state index in [4.69, 9.17) is 21.3 Å². The highest BCUT2D eigenvalue weighted by atomic mass is 35.5. The molecule has 0 bridgehead atoms. The molecule has 6 nitrogen and oxygen atoms in total. The fourth-order valence-corrected chi connectivity index (χ4v) is 3.77. The van der Waals surface area contributed by atoms with Gasteiger partial charge in [-0.3, -0.25) is 14.2 Å². The quantitative estimate of drug-likeness (QED) is 0.566. The normalized spacial score (nSPS) is 12.2. The summed E-state index contributed by atoms with van der Waals surface area (Å²) in [6, 6.07) is 12.1. The zero-order valence-corrected chi connectivity index (χ0v) is 18.4. The monoisotopic (exact) mass is 427 g/mol. The Bertz CT molecular complexity index is 1130. The van der Waals surface area contributed by atoms with Crippen LogP contribution >= 0.6 is 11.6 Å². The first-order valence-electron chi connectivity index (χ1n) is 9.94. The van der Waals surface area contributed by atoms with Gasteiger partial charge in [0.1, 0.15) is 5.82 Å². The average Bonchev–Trinajstić information content (AvgIpc) is 2.74. The third kappa shape index (κ3) is 4.25. The van der Waals surface area contributed by atoms with Gasteiger partial charge in [0.05, 0.1) is 23.6 Å². The van der Waals surface area contributed by atoms with Gasteiger partial charge in [-0.1, -0.05) is 29.8 Å². The Kier molecular flexibility index (Phi) is 6.90. The highest BCUT2D eigenvalue weighted by molar-refractivity contribution is 6.31. The van der Waals surface area contributed by atoms with E-state index in [0.29, 0.717) is 47.0 Å². The molecular weight excluding hydrogens is 402 g/mol. The van der Waals surface area contributed by atoms with Crippen molar-refractivity contribution >= 4 is 28.4 Å². The summed E-state index contributed by atoms with van der Waals surface area (Å²) < 4.78 is 6.85. The van der Waals surface area contributed by atoms with Crippen LogP contribution in [0.2, 0.25) is 5.02 Å². The van der Waals surface area contributed by atoms with E-state index in [2.05, 4.69) is 0 Å². The Morgan fingerprint density at radius 2 is 2.00 bits per heavy atom. The van der Waals surface area contributed by atoms with Crippen LogP contribution in [-0.4, -0.2) is 40.6 Å². The van der Waals surface area contributed by atoms with Gasteiger partial charge in [-0.05, 0) is 50.6 Å². The van der Waals surface area contributed by atoms with Crippen LogP contribution in [0.3, 0.4) is 0 Å². The molecule has 30 heavy (non-hydrogen) atoms. The number of aryl methyl sites for hydroxylation is 1. The number of methoxy groups -OCH3 is 1. The van der Waals surface area contributed by atoms with Gasteiger partial charge >= 0.3 is 0 Å². The van der Waals surface area contributed by atoms with Crippen LogP contribution in [0, 0.1) is 6.92 Å². The molecule has 0 aliphatic heterocycles. The topological polar surface area (TPSA) is 64.4 Å². The molecule has 1 heterocycles. The van der Waals surface area contributed by atoms with Crippen LogP contribution in [0.1, 0.15) is 41.6 Å². The third-order valence-electron chi connectivity index (χ3n) is 5.28. The van der Waals surface area contributed by atoms with E-state index in [1.54, 1.807) is 34.8 Å². The Morgan fingerprint density at radius 3 is 2.67 bits per heavy atom. The first-order chi connectivity index (χ1) is 14.4. The number of nitrogens with zero attached hydrogens (tertiary/aromatic N) is 3. The molecule has 1 atom stereocenters. The van der Waals surface area contributed by atoms with Crippen molar-refractivity contribution in [2.75, 3.05) is 20.3 Å². The summed E-state index contributed by atoms with van der Waals surface area (Å²) in [5.74, 6) is 0.418. The molecule has 0 fully saturated rings. The Hall–Kier alpha value is -2.70. The number of aromatic nitrogens is 2. The summed E-state index contributed by atoms with van der Waals surface area (Å²) in [5.41, 5.74) is 1.91. The minimum absolute atomic E-state index is 0.120. The Balaban J connectivity index is 2.12. The smallest absolute Gasteiger partial charge is 0.261 e. The minimum Gasteiger partial charge on any atom is -0.383 e. The number of amides is 1. The van der Waals surface area contributed by atoms with Crippen molar-refractivity contribution in [2.24, 2.45) is 0 Å². The van der Waals surface area contributed by atoms with Crippen LogP contribution in [0.25, 0.3) is 10.9 Å². The first kappa shape index (κ1) is 22.0. The lowest BCUT2D eigenvalue weighted by Gasteiger charge is -2.30. The van der Waals surface area contributed by atoms with Crippen LogP contribution in [-0.2, 0) is 11.3 Å². The highest BCUT2D eigenvalue weighted by Crippen LogP contribution is 2.24. The number of rotatable bonds is 7. The predicted molar refractivity (Wildman–Crippen MR) is 119 cm³/mol. The fraction of sp³-hybridized carbons (Fsp3) is 0.348. The maximum atomic E-state index is 13.4. The lowest BCUT2D eigenvalue weighted by molar-refractivity contribution is 0.0602. The number of carbonyl (C=O) groups excluding carboxylic acids is 1. The summed E-state index contributed by atoms with van der Waals surface area (Å²) in [4.78, 5) is 33.0. The van der Waals surface area contributed by atoms with Gasteiger partial charge in [-0.2, -0.15) is 0 Å². The summed E-state index contributed by atoms with van der Waals surface area (Å²) in [6.45, 7) is 6.88. The molecule has 0 aliphatic carbocycles. The summed E-state index contributed by atoms with van der Waals surface area (Å²) in [5, 5.41) is 0.954. The summed E-state index contributed by atoms with van der Waals surface area (Å²) in [6.07, 6.45) is 0. The molecule has 0 saturated carbocycles. The fourth-order valence-electron chi connectivity index (χ4n) is 3.60. The molecule has 1 aromatic heterocycles. The van der Waals surface area contributed by atoms with Crippen molar-refractivity contribution < 1.29 is 9.53 Å². The highest BCUT2D eigenvalue weighted by Gasteiger charge is 2.27. The van der Waals surface area contributed by atoms with E-state index in [1.165, 1.54) is 0 Å². The standard InChI is InChI=1S/C23H26ClN3O3/c1-5-26-21(25-20-11-10-17(24)14-19(20)23(26)29)16(3)27(12-13-30-4)22(28)18-9-7-6-8-15(18)2/h6-11,14,16H,5,12-13H2,1-4H3. The maximum absolute atomic E-state index is 13.4. The molecule has 3 aromatic rings. The molecule has 0 N–H and O–H groups in total. The first-order valence-corrected chi connectivity index (χ1v) is 10.3. The molecule has 0 radical (unpaired) electrons. The number of ether oxygens (including phenoxy) is 1. The van der Waals surface area contributed by atoms with Gasteiger partial charge in [-0.15, -0.1) is 0 Å². The summed E-state index contributed by atoms with van der Waals surface area (Å²) >= 11 is 6.08. The van der Waals surface area contributed by atoms with Crippen molar-refractivity contribution in [3.05, 3.63) is 74.8 Å². The van der Waals surface area contributed by atoms with Gasteiger partial charge in [0.2, 0.25) is 0 Å². The maximum Gasteiger partial charge on any atom is 0.261 e. The molecule has 158 valence electrons. The van der Waals surface area contributed by atoms with E-state index in [0.717, 1.165) is 5.56 Å². The Morgan fingerprint density at radius 1 is 1.27 bits per heavy atom. The van der Waals surface area contributed by atoms with Crippen molar-refractivity contribution in [1.29, 1.82) is 0 Å². The minimum atomic E-state index is -0.431. The van der Waals surface area contributed by atoms with Crippen LogP contribution < -0.4 is 5.56 Å². The molecule has 3 rings (SSSR count). The third-order valence-corrected chi connectivity index (χ3v) is 5.51. The molecule has 0 aliphatic rings. The molecule has 1 amide bonds. The summed E-state index contributed by atoms with van der Waals surface area (Å²) in [7, 11) is 1.60. The van der Waals surface area contributed by atoms with E-state index < -0.39 is 6.04 Å². The number of benzene rings is 2. The second-order valence-electron chi connectivity index (χ2n) is 7.16. The van der Waals surface area contributed by atoms with Crippen LogP contribution in [0.4, 0.5) is 0 Å². The van der Waals surface area contributed by atoms with Gasteiger partial charge in [0.15, 0.2) is 0 Å². The van der Waals surface area contributed by atoms with Gasteiger partial charge < -0.3 is 9.64 Å². The molecule has 0 saturated heterocycles. The number of hydrogen-bond acceptors (Lipinski definition) is 4. The van der Waals surface area contributed by atoms with Crippen molar-refractivity contribution in [3.8, 4) is 0 Å². The number of fused-ring (bicyclic) bond motifs is 1. The number of halogens is 1. The molecule has 0 spiro atoms. The largest absolute Gasteiger partial charge is 0.383 e. The van der Waals surface area contributed by atoms with Gasteiger partial charge in [-0.25, -0.2) is 4.98 Å². The predicted octanol–water partition coefficient (Wildman–Crippen LogP) is 4.23. The zero-order valence-electron chi connectivity index (χ0n) is 17.7. The number of carbonyl (C=O) groups is 1. The number of hydrogen-bond donors (Lipinski definition) is 0. The lowest BCUT2D eigenvalue weighted by atomic mass is 10.1. The van der Waals surface area contributed by atoms with E-state index in [1.807, 2.05) is 45.0 Å². The van der Waals surface area contributed by atoms with E-state index in [-0.39, 0.29) is 11.5 Å². The van der Waals surface area contributed by atoms with Gasteiger partial charge in [0, 0.05) is 30.8 Å². The second kappa shape index (κ2) is 9.41. The second-order valence-corrected chi connectivity index (χ2v) is 7.60. The lowest BCUT2D eigenvalue weighted by Crippen LogP contribution is -2.39. The van der Waals surface area contributed by atoms with Crippen molar-refractivity contribution in [2.45, 2.75) is 33.4 Å². The SMILES string of the molecule is CCn1c(C(C)N(CCOC)C(=O)c2ccccc2C)nc2ccc(Cl)cc2c1=O. The van der Waals surface area contributed by atoms with Crippen molar-refractivity contribution in [1.82, 2.24) is 14.5 Å². The van der Waals surface area contributed by atoms with Crippen LogP contribution in [0.5, 0.6) is 0 Å². The van der Waals surface area contributed by atoms with Crippen LogP contribution in [0.15, 0.2) is 47.3 Å². The molecule has 1 unspecified atom stereocenters. The van der Waals surface area contributed by atoms with Gasteiger partial charge in [0.25, 0.3) is 11.5 Å². The van der Waals surface area contributed by atoms with E-state index in [9.17, 15) is 9.59 Å². The van der Waals surface area contributed by atoms with E-state index >= 15 is 0 Å². The molecule has 7 heteroatoms. The zero-order chi connectivity index (χ0) is 21.8.